The van der Waals surface area contributed by atoms with Crippen LogP contribution in [-0.2, 0) is 4.79 Å². The summed E-state index contributed by atoms with van der Waals surface area (Å²) in [7, 11) is 1.51. The van der Waals surface area contributed by atoms with Gasteiger partial charge in [0.15, 0.2) is 11.5 Å². The molecule has 31 heavy (non-hydrogen) atoms. The van der Waals surface area contributed by atoms with Gasteiger partial charge in [-0.1, -0.05) is 37.3 Å². The van der Waals surface area contributed by atoms with E-state index in [1.807, 2.05) is 37.3 Å². The van der Waals surface area contributed by atoms with E-state index in [1.165, 1.54) is 19.2 Å². The molecule has 0 saturated carbocycles. The lowest BCUT2D eigenvalue weighted by atomic mass is 9.97. The van der Waals surface area contributed by atoms with Crippen LogP contribution in [0, 0.1) is 0 Å². The predicted octanol–water partition coefficient (Wildman–Crippen LogP) is 5.24. The summed E-state index contributed by atoms with van der Waals surface area (Å²) in [6.07, 6.45) is 2.25. The fourth-order valence-corrected chi connectivity index (χ4v) is 3.09. The lowest BCUT2D eigenvalue weighted by Crippen LogP contribution is -2.18. The molecule has 0 aromatic heterocycles. The normalized spacial score (nSPS) is 11.8. The number of carboxylic acids is 1. The summed E-state index contributed by atoms with van der Waals surface area (Å²) >= 11 is 0. The van der Waals surface area contributed by atoms with Crippen LogP contribution in [0.25, 0.3) is 0 Å². The summed E-state index contributed by atoms with van der Waals surface area (Å²) in [5.74, 6) is -0.929. The molecule has 0 spiro atoms. The van der Waals surface area contributed by atoms with Gasteiger partial charge in [0, 0.05) is 6.21 Å². The molecule has 6 nitrogen and oxygen atoms in total. The molecule has 1 atom stereocenters. The topological polar surface area (TPSA) is 85.2 Å². The van der Waals surface area contributed by atoms with Crippen molar-refractivity contribution in [3.63, 3.8) is 0 Å². The Bertz CT molecular complexity index is 1070. The van der Waals surface area contributed by atoms with Gasteiger partial charge in [-0.05, 0) is 60.0 Å². The van der Waals surface area contributed by atoms with Crippen LogP contribution < -0.4 is 9.47 Å². The van der Waals surface area contributed by atoms with Crippen molar-refractivity contribution in [2.45, 2.75) is 19.3 Å². The number of ether oxygens (including phenoxy) is 2. The van der Waals surface area contributed by atoms with Crippen LogP contribution in [0.5, 0.6) is 11.5 Å². The average Bonchev–Trinajstić information content (AvgIpc) is 2.79. The zero-order valence-corrected chi connectivity index (χ0v) is 17.3. The molecule has 6 heteroatoms. The van der Waals surface area contributed by atoms with Gasteiger partial charge in [0.1, 0.15) is 0 Å². The van der Waals surface area contributed by atoms with E-state index >= 15 is 0 Å². The zero-order chi connectivity index (χ0) is 22.2. The van der Waals surface area contributed by atoms with Crippen LogP contribution in [-0.4, -0.2) is 30.4 Å². The van der Waals surface area contributed by atoms with Crippen LogP contribution >= 0.6 is 0 Å². The lowest BCUT2D eigenvalue weighted by molar-refractivity contribution is -0.136. The van der Waals surface area contributed by atoms with Crippen molar-refractivity contribution in [2.75, 3.05) is 7.11 Å². The molecule has 1 unspecified atom stereocenters. The van der Waals surface area contributed by atoms with Gasteiger partial charge in [0.25, 0.3) is 0 Å². The van der Waals surface area contributed by atoms with E-state index in [4.69, 9.17) is 14.6 Å². The van der Waals surface area contributed by atoms with Gasteiger partial charge >= 0.3 is 11.9 Å². The van der Waals surface area contributed by atoms with E-state index in [2.05, 4.69) is 4.99 Å². The first-order chi connectivity index (χ1) is 15.0. The minimum absolute atomic E-state index is 0.202. The molecular formula is C25H23NO5. The molecule has 158 valence electrons. The highest BCUT2D eigenvalue weighted by molar-refractivity contribution is 5.88. The smallest absolute Gasteiger partial charge is 0.335 e. The van der Waals surface area contributed by atoms with E-state index in [-0.39, 0.29) is 17.5 Å². The number of aromatic carboxylic acids is 1. The van der Waals surface area contributed by atoms with Crippen LogP contribution in [0.2, 0.25) is 0 Å². The Kier molecular flexibility index (Phi) is 7.17. The van der Waals surface area contributed by atoms with Crippen molar-refractivity contribution in [1.82, 2.24) is 0 Å². The molecule has 0 radical (unpaired) electrons. The van der Waals surface area contributed by atoms with Crippen molar-refractivity contribution in [3.05, 3.63) is 89.5 Å². The first-order valence-electron chi connectivity index (χ1n) is 9.84. The second-order valence-electron chi connectivity index (χ2n) is 6.81. The quantitative estimate of drug-likeness (QED) is 0.308. The van der Waals surface area contributed by atoms with Gasteiger partial charge in [-0.15, -0.1) is 0 Å². The lowest BCUT2D eigenvalue weighted by Gasteiger charge is -2.16. The molecule has 0 saturated heterocycles. The Morgan fingerprint density at radius 2 is 1.71 bits per heavy atom. The Morgan fingerprint density at radius 1 is 1.00 bits per heavy atom. The van der Waals surface area contributed by atoms with E-state index in [1.54, 1.807) is 36.5 Å². The molecule has 0 amide bonds. The van der Waals surface area contributed by atoms with E-state index < -0.39 is 5.97 Å². The molecule has 0 heterocycles. The van der Waals surface area contributed by atoms with Gasteiger partial charge in [-0.2, -0.15) is 0 Å². The van der Waals surface area contributed by atoms with Crippen LogP contribution in [0.15, 0.2) is 77.8 Å². The average molecular weight is 417 g/mol. The highest BCUT2D eigenvalue weighted by Crippen LogP contribution is 2.30. The predicted molar refractivity (Wildman–Crippen MR) is 119 cm³/mol. The molecule has 0 aliphatic rings. The molecule has 3 aromatic carbocycles. The maximum Gasteiger partial charge on any atom is 0.335 e. The standard InChI is InChI=1S/C25H23NO5/c1-3-21(18-7-5-4-6-8-18)25(29)31-22-14-9-17(15-23(22)30-2)16-26-20-12-10-19(11-13-20)24(27)28/h4-16,21H,3H2,1-2H3,(H,27,28). The number of benzene rings is 3. The SMILES string of the molecule is CCC(C(=O)Oc1ccc(C=Nc2ccc(C(=O)O)cc2)cc1OC)c1ccccc1. The number of hydrogen-bond acceptors (Lipinski definition) is 5. The number of carboxylic acid groups (broad SMARTS) is 1. The summed E-state index contributed by atoms with van der Waals surface area (Å²) in [5.41, 5.74) is 2.47. The fourth-order valence-electron chi connectivity index (χ4n) is 3.09. The number of hydrogen-bond donors (Lipinski definition) is 1. The molecule has 0 bridgehead atoms. The second kappa shape index (κ2) is 10.2. The Balaban J connectivity index is 1.75. The van der Waals surface area contributed by atoms with Crippen molar-refractivity contribution in [3.8, 4) is 11.5 Å². The van der Waals surface area contributed by atoms with Crippen molar-refractivity contribution in [1.29, 1.82) is 0 Å². The third-order valence-corrected chi connectivity index (χ3v) is 4.77. The Morgan fingerprint density at radius 3 is 2.32 bits per heavy atom. The van der Waals surface area contributed by atoms with Crippen LogP contribution in [0.4, 0.5) is 5.69 Å². The van der Waals surface area contributed by atoms with E-state index in [0.29, 0.717) is 23.6 Å². The van der Waals surface area contributed by atoms with E-state index in [9.17, 15) is 9.59 Å². The van der Waals surface area contributed by atoms with Gasteiger partial charge in [-0.25, -0.2) is 4.79 Å². The van der Waals surface area contributed by atoms with Crippen LogP contribution in [0.1, 0.15) is 40.7 Å². The second-order valence-corrected chi connectivity index (χ2v) is 6.81. The first-order valence-corrected chi connectivity index (χ1v) is 9.84. The summed E-state index contributed by atoms with van der Waals surface area (Å²) < 4.78 is 11.0. The number of carbonyl (C=O) groups is 2. The third-order valence-electron chi connectivity index (χ3n) is 4.77. The zero-order valence-electron chi connectivity index (χ0n) is 17.3. The maximum atomic E-state index is 12.7. The number of carbonyl (C=O) groups excluding carboxylic acids is 1. The molecule has 3 aromatic rings. The molecule has 0 fully saturated rings. The molecule has 0 aliphatic heterocycles. The number of esters is 1. The molecule has 1 N–H and O–H groups in total. The minimum atomic E-state index is -0.983. The largest absolute Gasteiger partial charge is 0.493 e. The highest BCUT2D eigenvalue weighted by Gasteiger charge is 2.22. The van der Waals surface area contributed by atoms with Crippen molar-refractivity contribution < 1.29 is 24.2 Å². The van der Waals surface area contributed by atoms with Crippen molar-refractivity contribution in [2.24, 2.45) is 4.99 Å². The van der Waals surface area contributed by atoms with E-state index in [0.717, 1.165) is 11.1 Å². The van der Waals surface area contributed by atoms with Gasteiger partial charge in [0.2, 0.25) is 0 Å². The Labute approximate surface area is 180 Å². The number of methoxy groups -OCH3 is 1. The number of rotatable bonds is 8. The van der Waals surface area contributed by atoms with Crippen molar-refractivity contribution >= 4 is 23.8 Å². The van der Waals surface area contributed by atoms with Gasteiger partial charge in [-0.3, -0.25) is 9.79 Å². The summed E-state index contributed by atoms with van der Waals surface area (Å²) in [5, 5.41) is 8.96. The molecular weight excluding hydrogens is 394 g/mol. The molecule has 0 aliphatic carbocycles. The monoisotopic (exact) mass is 417 g/mol. The van der Waals surface area contributed by atoms with Gasteiger partial charge in [0.05, 0.1) is 24.3 Å². The van der Waals surface area contributed by atoms with Gasteiger partial charge < -0.3 is 14.6 Å². The Hall–Kier alpha value is -3.93. The number of nitrogens with zero attached hydrogens (tertiary/aromatic N) is 1. The highest BCUT2D eigenvalue weighted by atomic mass is 16.6. The minimum Gasteiger partial charge on any atom is -0.493 e. The third kappa shape index (κ3) is 5.57. The summed E-state index contributed by atoms with van der Waals surface area (Å²) in [4.78, 5) is 28.0. The van der Waals surface area contributed by atoms with Crippen LogP contribution in [0.3, 0.4) is 0 Å². The summed E-state index contributed by atoms with van der Waals surface area (Å²) in [6, 6.07) is 20.9. The maximum absolute atomic E-state index is 12.7. The fraction of sp³-hybridized carbons (Fsp3) is 0.160. The number of aliphatic imine (C=N–C) groups is 1. The molecule has 3 rings (SSSR count). The first kappa shape index (κ1) is 21.8. The summed E-state index contributed by atoms with van der Waals surface area (Å²) in [6.45, 7) is 1.94.